The first-order valence-corrected chi connectivity index (χ1v) is 9.63. The molecule has 0 saturated heterocycles. The van der Waals surface area contributed by atoms with Crippen LogP contribution in [0.15, 0.2) is 97.1 Å². The van der Waals surface area contributed by atoms with E-state index in [9.17, 15) is 5.11 Å². The summed E-state index contributed by atoms with van der Waals surface area (Å²) in [6, 6.07) is 33.2. The van der Waals surface area contributed by atoms with Crippen molar-refractivity contribution in [2.24, 2.45) is 0 Å². The largest absolute Gasteiger partial charge is 0.384 e. The maximum atomic E-state index is 11.2. The molecule has 4 aromatic rings. The van der Waals surface area contributed by atoms with Gasteiger partial charge in [0.2, 0.25) is 0 Å². The average Bonchev–Trinajstić information content (AvgIpc) is 2.74. The molecular weight excluding hydrogens is 340 g/mol. The van der Waals surface area contributed by atoms with Gasteiger partial charge in [0.1, 0.15) is 6.10 Å². The van der Waals surface area contributed by atoms with E-state index in [2.05, 4.69) is 80.6 Å². The predicted molar refractivity (Wildman–Crippen MR) is 117 cm³/mol. The van der Waals surface area contributed by atoms with Crippen molar-refractivity contribution >= 4 is 0 Å². The topological polar surface area (TPSA) is 20.2 Å². The Labute approximate surface area is 166 Å². The number of hydrogen-bond acceptors (Lipinski definition) is 1. The van der Waals surface area contributed by atoms with Crippen molar-refractivity contribution in [3.8, 4) is 22.3 Å². The van der Waals surface area contributed by atoms with Crippen molar-refractivity contribution in [1.29, 1.82) is 0 Å². The maximum Gasteiger partial charge on any atom is 0.105 e. The monoisotopic (exact) mass is 364 g/mol. The van der Waals surface area contributed by atoms with E-state index in [1.54, 1.807) is 0 Å². The summed E-state index contributed by atoms with van der Waals surface area (Å²) in [5.74, 6) is 0. The molecule has 0 saturated carbocycles. The highest BCUT2D eigenvalue weighted by Crippen LogP contribution is 2.33. The first-order chi connectivity index (χ1) is 13.6. The van der Waals surface area contributed by atoms with Crippen LogP contribution >= 0.6 is 0 Å². The Kier molecular flexibility index (Phi) is 5.10. The van der Waals surface area contributed by atoms with Gasteiger partial charge in [-0.2, -0.15) is 0 Å². The third kappa shape index (κ3) is 3.76. The summed E-state index contributed by atoms with van der Waals surface area (Å²) in [7, 11) is 0. The summed E-state index contributed by atoms with van der Waals surface area (Å²) in [5.41, 5.74) is 8.76. The molecule has 0 spiro atoms. The van der Waals surface area contributed by atoms with Gasteiger partial charge >= 0.3 is 0 Å². The highest BCUT2D eigenvalue weighted by molar-refractivity contribution is 5.70. The second-order valence-electron chi connectivity index (χ2n) is 7.35. The maximum absolute atomic E-state index is 11.2. The van der Waals surface area contributed by atoms with Gasteiger partial charge in [0.15, 0.2) is 0 Å². The lowest BCUT2D eigenvalue weighted by atomic mass is 9.91. The zero-order valence-electron chi connectivity index (χ0n) is 16.3. The Morgan fingerprint density at radius 1 is 0.571 bits per heavy atom. The standard InChI is InChI=1S/C27H24O/c1-19-10-14-21(15-11-19)23-6-5-7-24(18-23)27(28)26-9-4-3-8-25(26)22-16-12-20(2)13-17-22/h3-18,27-28H,1-2H3. The minimum atomic E-state index is -0.678. The third-order valence-electron chi connectivity index (χ3n) is 5.21. The van der Waals surface area contributed by atoms with E-state index in [0.717, 1.165) is 33.4 Å². The summed E-state index contributed by atoms with van der Waals surface area (Å²) in [6.45, 7) is 4.17. The molecule has 138 valence electrons. The summed E-state index contributed by atoms with van der Waals surface area (Å²) >= 11 is 0. The summed E-state index contributed by atoms with van der Waals surface area (Å²) in [5, 5.41) is 11.2. The van der Waals surface area contributed by atoms with Crippen molar-refractivity contribution in [3.63, 3.8) is 0 Å². The van der Waals surface area contributed by atoms with E-state index in [0.29, 0.717) is 0 Å². The second kappa shape index (κ2) is 7.84. The van der Waals surface area contributed by atoms with Crippen LogP contribution in [0.4, 0.5) is 0 Å². The molecule has 4 rings (SSSR count). The number of rotatable bonds is 4. The van der Waals surface area contributed by atoms with Crippen LogP contribution in [-0.4, -0.2) is 5.11 Å². The van der Waals surface area contributed by atoms with Crippen LogP contribution < -0.4 is 0 Å². The van der Waals surface area contributed by atoms with Crippen LogP contribution in [0.25, 0.3) is 22.3 Å². The van der Waals surface area contributed by atoms with Gasteiger partial charge in [-0.1, -0.05) is 102 Å². The SMILES string of the molecule is Cc1ccc(-c2cccc(C(O)c3ccccc3-c3ccc(C)cc3)c2)cc1. The van der Waals surface area contributed by atoms with Gasteiger partial charge in [-0.05, 0) is 53.3 Å². The molecule has 0 aliphatic carbocycles. The van der Waals surface area contributed by atoms with E-state index in [4.69, 9.17) is 0 Å². The Balaban J connectivity index is 1.73. The number of benzene rings is 4. The number of aliphatic hydroxyl groups is 1. The molecule has 0 fully saturated rings. The average molecular weight is 364 g/mol. The summed E-state index contributed by atoms with van der Waals surface area (Å²) in [4.78, 5) is 0. The van der Waals surface area contributed by atoms with Crippen LogP contribution in [0.1, 0.15) is 28.4 Å². The fourth-order valence-electron chi connectivity index (χ4n) is 3.55. The van der Waals surface area contributed by atoms with Gasteiger partial charge in [0.05, 0.1) is 0 Å². The Morgan fingerprint density at radius 3 is 1.86 bits per heavy atom. The molecule has 0 radical (unpaired) electrons. The van der Waals surface area contributed by atoms with Crippen LogP contribution in [0.5, 0.6) is 0 Å². The van der Waals surface area contributed by atoms with Crippen molar-refractivity contribution in [1.82, 2.24) is 0 Å². The van der Waals surface area contributed by atoms with Gasteiger partial charge in [0.25, 0.3) is 0 Å². The van der Waals surface area contributed by atoms with E-state index in [1.807, 2.05) is 30.3 Å². The van der Waals surface area contributed by atoms with Crippen molar-refractivity contribution < 1.29 is 5.11 Å². The highest BCUT2D eigenvalue weighted by atomic mass is 16.3. The smallest absolute Gasteiger partial charge is 0.105 e. The number of aliphatic hydroxyl groups excluding tert-OH is 1. The molecule has 0 aromatic heterocycles. The lowest BCUT2D eigenvalue weighted by Gasteiger charge is -2.17. The second-order valence-corrected chi connectivity index (χ2v) is 7.35. The van der Waals surface area contributed by atoms with Gasteiger partial charge < -0.3 is 5.11 Å². The lowest BCUT2D eigenvalue weighted by molar-refractivity contribution is 0.221. The Hall–Kier alpha value is -3.16. The van der Waals surface area contributed by atoms with Gasteiger partial charge in [0, 0.05) is 0 Å². The highest BCUT2D eigenvalue weighted by Gasteiger charge is 2.16. The molecule has 1 atom stereocenters. The Morgan fingerprint density at radius 2 is 1.18 bits per heavy atom. The molecule has 0 heterocycles. The molecule has 0 aliphatic heterocycles. The van der Waals surface area contributed by atoms with Crippen LogP contribution in [0, 0.1) is 13.8 Å². The zero-order valence-corrected chi connectivity index (χ0v) is 16.3. The molecule has 4 aromatic carbocycles. The zero-order chi connectivity index (χ0) is 19.5. The third-order valence-corrected chi connectivity index (χ3v) is 5.21. The van der Waals surface area contributed by atoms with E-state index < -0.39 is 6.10 Å². The molecule has 28 heavy (non-hydrogen) atoms. The fraction of sp³-hybridized carbons (Fsp3) is 0.111. The van der Waals surface area contributed by atoms with Crippen LogP contribution in [-0.2, 0) is 0 Å². The van der Waals surface area contributed by atoms with Crippen molar-refractivity contribution in [2.45, 2.75) is 20.0 Å². The molecule has 0 bridgehead atoms. The molecule has 0 aliphatic rings. The minimum absolute atomic E-state index is 0.678. The van der Waals surface area contributed by atoms with E-state index >= 15 is 0 Å². The lowest BCUT2D eigenvalue weighted by Crippen LogP contribution is -2.02. The van der Waals surface area contributed by atoms with Gasteiger partial charge in [-0.25, -0.2) is 0 Å². The van der Waals surface area contributed by atoms with Crippen molar-refractivity contribution in [2.75, 3.05) is 0 Å². The fourth-order valence-corrected chi connectivity index (χ4v) is 3.55. The molecule has 1 N–H and O–H groups in total. The van der Waals surface area contributed by atoms with E-state index in [1.165, 1.54) is 11.1 Å². The molecule has 1 heteroatoms. The number of aryl methyl sites for hydroxylation is 2. The summed E-state index contributed by atoms with van der Waals surface area (Å²) in [6.07, 6.45) is -0.678. The first-order valence-electron chi connectivity index (χ1n) is 9.63. The van der Waals surface area contributed by atoms with Crippen LogP contribution in [0.3, 0.4) is 0 Å². The molecule has 1 nitrogen and oxygen atoms in total. The van der Waals surface area contributed by atoms with Gasteiger partial charge in [-0.15, -0.1) is 0 Å². The minimum Gasteiger partial charge on any atom is -0.384 e. The quantitative estimate of drug-likeness (QED) is 0.426. The predicted octanol–water partition coefficient (Wildman–Crippen LogP) is 6.72. The molecular formula is C27H24O. The molecule has 0 amide bonds. The first kappa shape index (κ1) is 18.2. The van der Waals surface area contributed by atoms with Gasteiger partial charge in [-0.3, -0.25) is 0 Å². The number of hydrogen-bond donors (Lipinski definition) is 1. The van der Waals surface area contributed by atoms with Crippen molar-refractivity contribution in [3.05, 3.63) is 119 Å². The molecule has 1 unspecified atom stereocenters. The Bertz CT molecular complexity index is 1080. The van der Waals surface area contributed by atoms with E-state index in [-0.39, 0.29) is 0 Å². The summed E-state index contributed by atoms with van der Waals surface area (Å²) < 4.78 is 0. The van der Waals surface area contributed by atoms with Crippen LogP contribution in [0.2, 0.25) is 0 Å². The normalized spacial score (nSPS) is 12.0.